The molecule has 0 spiro atoms. The van der Waals surface area contributed by atoms with Crippen LogP contribution in [-0.4, -0.2) is 43.1 Å². The first-order valence-corrected chi connectivity index (χ1v) is 7.97. The van der Waals surface area contributed by atoms with E-state index in [0.29, 0.717) is 32.5 Å². The second kappa shape index (κ2) is 8.61. The summed E-state index contributed by atoms with van der Waals surface area (Å²) in [6.45, 7) is 0.319. The van der Waals surface area contributed by atoms with E-state index < -0.39 is 6.61 Å². The van der Waals surface area contributed by atoms with E-state index in [4.69, 9.17) is 4.74 Å². The Bertz CT molecular complexity index is 554. The second-order valence-electron chi connectivity index (χ2n) is 5.61. The van der Waals surface area contributed by atoms with Crippen molar-refractivity contribution in [3.8, 4) is 5.75 Å². The number of likely N-dealkylation sites (tertiary alicyclic amines) is 1. The van der Waals surface area contributed by atoms with Crippen LogP contribution in [0.1, 0.15) is 25.3 Å². The molecule has 2 rings (SSSR count). The summed E-state index contributed by atoms with van der Waals surface area (Å²) < 4.78 is 33.5. The summed E-state index contributed by atoms with van der Waals surface area (Å²) in [6.07, 6.45) is 1.40. The van der Waals surface area contributed by atoms with Gasteiger partial charge in [0.15, 0.2) is 0 Å². The van der Waals surface area contributed by atoms with Crippen molar-refractivity contribution >= 4 is 11.9 Å². The molecule has 0 saturated carbocycles. The Morgan fingerprint density at radius 1 is 1.21 bits per heavy atom. The van der Waals surface area contributed by atoms with Crippen molar-refractivity contribution in [1.29, 1.82) is 0 Å². The molecule has 1 amide bonds. The van der Waals surface area contributed by atoms with Gasteiger partial charge in [0, 0.05) is 13.1 Å². The predicted molar refractivity (Wildman–Crippen MR) is 82.7 cm³/mol. The minimum atomic E-state index is -2.86. The highest BCUT2D eigenvalue weighted by atomic mass is 19.3. The van der Waals surface area contributed by atoms with Crippen molar-refractivity contribution < 1.29 is 27.8 Å². The van der Waals surface area contributed by atoms with Crippen LogP contribution in [0.4, 0.5) is 8.78 Å². The van der Waals surface area contributed by atoms with Gasteiger partial charge in [-0.25, -0.2) is 0 Å². The number of esters is 1. The minimum Gasteiger partial charge on any atom is -0.466 e. The Morgan fingerprint density at radius 2 is 1.83 bits per heavy atom. The molecule has 0 atom stereocenters. The maximum atomic E-state index is 12.3. The summed E-state index contributed by atoms with van der Waals surface area (Å²) in [6, 6.07) is 6.03. The van der Waals surface area contributed by atoms with Gasteiger partial charge in [0.2, 0.25) is 5.91 Å². The molecule has 1 fully saturated rings. The van der Waals surface area contributed by atoms with Crippen molar-refractivity contribution in [2.45, 2.75) is 32.8 Å². The van der Waals surface area contributed by atoms with Crippen molar-refractivity contribution in [3.05, 3.63) is 29.8 Å². The number of hydrogen-bond acceptors (Lipinski definition) is 4. The molecule has 132 valence electrons. The van der Waals surface area contributed by atoms with E-state index in [1.165, 1.54) is 12.1 Å². The van der Waals surface area contributed by atoms with E-state index in [2.05, 4.69) is 4.74 Å². The standard InChI is InChI=1S/C17H21F2NO4/c1-2-23-16(22)13-7-9-20(10-8-13)15(21)11-12-3-5-14(6-4-12)24-17(18)19/h3-6,13,17H,2,7-11H2,1H3. The highest BCUT2D eigenvalue weighted by Gasteiger charge is 2.28. The predicted octanol–water partition coefficient (Wildman–Crippen LogP) is 2.63. The largest absolute Gasteiger partial charge is 0.466 e. The van der Waals surface area contributed by atoms with E-state index >= 15 is 0 Å². The summed E-state index contributed by atoms with van der Waals surface area (Å²) in [5.74, 6) is -0.310. The van der Waals surface area contributed by atoms with Gasteiger partial charge >= 0.3 is 12.6 Å². The number of hydrogen-bond donors (Lipinski definition) is 0. The number of piperidine rings is 1. The summed E-state index contributed by atoms with van der Waals surface area (Å²) in [5, 5.41) is 0. The number of nitrogens with zero attached hydrogens (tertiary/aromatic N) is 1. The monoisotopic (exact) mass is 341 g/mol. The van der Waals surface area contributed by atoms with E-state index in [1.807, 2.05) is 0 Å². The van der Waals surface area contributed by atoms with E-state index in [0.717, 1.165) is 5.56 Å². The lowest BCUT2D eigenvalue weighted by molar-refractivity contribution is -0.151. The van der Waals surface area contributed by atoms with Gasteiger partial charge in [0.1, 0.15) is 5.75 Å². The van der Waals surface area contributed by atoms with Crippen molar-refractivity contribution in [2.75, 3.05) is 19.7 Å². The average molecular weight is 341 g/mol. The van der Waals surface area contributed by atoms with Crippen LogP contribution in [0.5, 0.6) is 5.75 Å². The number of amides is 1. The van der Waals surface area contributed by atoms with Gasteiger partial charge in [-0.3, -0.25) is 9.59 Å². The molecule has 5 nitrogen and oxygen atoms in total. The van der Waals surface area contributed by atoms with Crippen LogP contribution in [0.3, 0.4) is 0 Å². The van der Waals surface area contributed by atoms with Crippen molar-refractivity contribution in [3.63, 3.8) is 0 Å². The molecular weight excluding hydrogens is 320 g/mol. The summed E-state index contributed by atoms with van der Waals surface area (Å²) >= 11 is 0. The first-order valence-electron chi connectivity index (χ1n) is 7.97. The van der Waals surface area contributed by atoms with Crippen LogP contribution in [0, 0.1) is 5.92 Å². The number of carbonyl (C=O) groups excluding carboxylic acids is 2. The summed E-state index contributed by atoms with van der Waals surface area (Å²) in [7, 11) is 0. The number of benzene rings is 1. The Balaban J connectivity index is 1.82. The third-order valence-electron chi connectivity index (χ3n) is 3.97. The van der Waals surface area contributed by atoms with Gasteiger partial charge in [-0.1, -0.05) is 12.1 Å². The minimum absolute atomic E-state index is 0.0418. The fourth-order valence-corrected chi connectivity index (χ4v) is 2.70. The molecule has 1 saturated heterocycles. The molecule has 0 radical (unpaired) electrons. The fourth-order valence-electron chi connectivity index (χ4n) is 2.70. The van der Waals surface area contributed by atoms with E-state index in [-0.39, 0.29) is 30.0 Å². The van der Waals surface area contributed by atoms with Crippen LogP contribution in [0.15, 0.2) is 24.3 Å². The van der Waals surface area contributed by atoms with Gasteiger partial charge < -0.3 is 14.4 Å². The molecule has 0 unspecified atom stereocenters. The van der Waals surface area contributed by atoms with Crippen molar-refractivity contribution in [2.24, 2.45) is 5.92 Å². The second-order valence-corrected chi connectivity index (χ2v) is 5.61. The molecule has 1 aromatic rings. The molecule has 0 aromatic heterocycles. The first-order chi connectivity index (χ1) is 11.5. The number of rotatable bonds is 6. The number of ether oxygens (including phenoxy) is 2. The SMILES string of the molecule is CCOC(=O)C1CCN(C(=O)Cc2ccc(OC(F)F)cc2)CC1. The highest BCUT2D eigenvalue weighted by molar-refractivity contribution is 5.79. The van der Waals surface area contributed by atoms with Gasteiger partial charge in [-0.05, 0) is 37.5 Å². The molecule has 1 aliphatic rings. The lowest BCUT2D eigenvalue weighted by Crippen LogP contribution is -2.41. The van der Waals surface area contributed by atoms with E-state index in [9.17, 15) is 18.4 Å². The van der Waals surface area contributed by atoms with Crippen molar-refractivity contribution in [1.82, 2.24) is 4.90 Å². The fraction of sp³-hybridized carbons (Fsp3) is 0.529. The van der Waals surface area contributed by atoms with Gasteiger partial charge in [-0.2, -0.15) is 8.78 Å². The maximum Gasteiger partial charge on any atom is 0.387 e. The van der Waals surface area contributed by atoms with Gasteiger partial charge in [0.25, 0.3) is 0 Å². The molecule has 1 aromatic carbocycles. The molecule has 0 bridgehead atoms. The van der Waals surface area contributed by atoms with Crippen LogP contribution >= 0.6 is 0 Å². The van der Waals surface area contributed by atoms with Crippen LogP contribution in [0.25, 0.3) is 0 Å². The lowest BCUT2D eigenvalue weighted by Gasteiger charge is -2.31. The highest BCUT2D eigenvalue weighted by Crippen LogP contribution is 2.20. The topological polar surface area (TPSA) is 55.8 Å². The molecule has 24 heavy (non-hydrogen) atoms. The average Bonchev–Trinajstić information content (AvgIpc) is 2.56. The zero-order valence-corrected chi connectivity index (χ0v) is 13.5. The van der Waals surface area contributed by atoms with Crippen LogP contribution < -0.4 is 4.74 Å². The molecule has 0 aliphatic carbocycles. The normalized spacial score (nSPS) is 15.4. The summed E-state index contributed by atoms with van der Waals surface area (Å²) in [5.41, 5.74) is 0.731. The lowest BCUT2D eigenvalue weighted by atomic mass is 9.96. The van der Waals surface area contributed by atoms with Gasteiger partial charge in [0.05, 0.1) is 18.9 Å². The molecule has 0 N–H and O–H groups in total. The maximum absolute atomic E-state index is 12.3. The molecule has 1 aliphatic heterocycles. The Labute approximate surface area is 139 Å². The van der Waals surface area contributed by atoms with Crippen LogP contribution in [-0.2, 0) is 20.7 Å². The Kier molecular flexibility index (Phi) is 6.52. The first kappa shape index (κ1) is 18.2. The smallest absolute Gasteiger partial charge is 0.387 e. The molecule has 1 heterocycles. The Morgan fingerprint density at radius 3 is 2.38 bits per heavy atom. The number of carbonyl (C=O) groups is 2. The number of alkyl halides is 2. The third-order valence-corrected chi connectivity index (χ3v) is 3.97. The van der Waals surface area contributed by atoms with Gasteiger partial charge in [-0.15, -0.1) is 0 Å². The zero-order chi connectivity index (χ0) is 17.5. The Hall–Kier alpha value is -2.18. The number of halogens is 2. The zero-order valence-electron chi connectivity index (χ0n) is 13.5. The quantitative estimate of drug-likeness (QED) is 0.747. The molecule has 7 heteroatoms. The summed E-state index contributed by atoms with van der Waals surface area (Å²) in [4.78, 5) is 25.7. The van der Waals surface area contributed by atoms with E-state index in [1.54, 1.807) is 24.0 Å². The van der Waals surface area contributed by atoms with Crippen LogP contribution in [0.2, 0.25) is 0 Å². The third kappa shape index (κ3) is 5.18. The molecular formula is C17H21F2NO4.